The Morgan fingerprint density at radius 1 is 0.667 bits per heavy atom. The van der Waals surface area contributed by atoms with E-state index in [0.29, 0.717) is 11.1 Å². The standard InChI is InChI=1S/C19H20N6O3S2/c1-11-5-3-7-13(9-11)15(26)20-18(29)24-22-17(28)23-25-19(30)21-16(27)14-8-4-6-12(2)10-14/h3-10H,1-2H3,(H2,22,23,28)(H2,20,24,26,29)(H2,21,25,27,30). The zero-order valence-corrected chi connectivity index (χ0v) is 17.8. The molecule has 0 heterocycles. The largest absolute Gasteiger partial charge is 0.352 e. The van der Waals surface area contributed by atoms with E-state index in [2.05, 4.69) is 32.3 Å². The van der Waals surface area contributed by atoms with Crippen LogP contribution in [0.3, 0.4) is 0 Å². The SMILES string of the molecule is Cc1cccc(C(=O)NC(=S)NNC(=O)NNC(=S)NC(=O)c2cccc(C)c2)c1. The van der Waals surface area contributed by atoms with Gasteiger partial charge in [-0.15, -0.1) is 0 Å². The van der Waals surface area contributed by atoms with Crippen LogP contribution in [0.1, 0.15) is 31.8 Å². The highest BCUT2D eigenvalue weighted by Gasteiger charge is 2.10. The van der Waals surface area contributed by atoms with Crippen molar-refractivity contribution < 1.29 is 14.4 Å². The highest BCUT2D eigenvalue weighted by molar-refractivity contribution is 7.80. The molecule has 30 heavy (non-hydrogen) atoms. The van der Waals surface area contributed by atoms with Crippen molar-refractivity contribution in [3.63, 3.8) is 0 Å². The first kappa shape index (κ1) is 22.7. The molecule has 0 aliphatic heterocycles. The number of rotatable bonds is 2. The molecule has 0 saturated heterocycles. The Balaban J connectivity index is 1.70. The topological polar surface area (TPSA) is 123 Å². The van der Waals surface area contributed by atoms with Gasteiger partial charge in [0.1, 0.15) is 0 Å². The van der Waals surface area contributed by atoms with Crippen molar-refractivity contribution in [1.82, 2.24) is 32.3 Å². The Morgan fingerprint density at radius 2 is 1.07 bits per heavy atom. The van der Waals surface area contributed by atoms with Gasteiger partial charge < -0.3 is 0 Å². The van der Waals surface area contributed by atoms with Gasteiger partial charge in [0.25, 0.3) is 11.8 Å². The Labute approximate surface area is 183 Å². The number of amides is 4. The molecule has 0 unspecified atom stereocenters. The summed E-state index contributed by atoms with van der Waals surface area (Å²) < 4.78 is 0. The molecule has 156 valence electrons. The van der Waals surface area contributed by atoms with Gasteiger partial charge in [-0.05, 0) is 62.5 Å². The fourth-order valence-electron chi connectivity index (χ4n) is 2.24. The number of urea groups is 1. The summed E-state index contributed by atoms with van der Waals surface area (Å²) in [6.45, 7) is 3.72. The van der Waals surface area contributed by atoms with Gasteiger partial charge in [0.2, 0.25) is 0 Å². The molecule has 2 rings (SSSR count). The van der Waals surface area contributed by atoms with Crippen molar-refractivity contribution in [2.24, 2.45) is 0 Å². The summed E-state index contributed by atoms with van der Waals surface area (Å²) in [5.41, 5.74) is 11.9. The molecule has 2 aromatic carbocycles. The molecule has 0 fully saturated rings. The lowest BCUT2D eigenvalue weighted by molar-refractivity contribution is 0.0968. The first-order valence-corrected chi connectivity index (χ1v) is 9.48. The van der Waals surface area contributed by atoms with E-state index in [4.69, 9.17) is 24.4 Å². The number of hydrogen-bond donors (Lipinski definition) is 6. The summed E-state index contributed by atoms with van der Waals surface area (Å²) >= 11 is 9.90. The summed E-state index contributed by atoms with van der Waals surface area (Å²) in [6, 6.07) is 13.1. The maximum absolute atomic E-state index is 12.1. The van der Waals surface area contributed by atoms with E-state index in [1.165, 1.54) is 0 Å². The molecule has 0 aliphatic carbocycles. The van der Waals surface area contributed by atoms with Crippen molar-refractivity contribution in [2.45, 2.75) is 13.8 Å². The third-order valence-corrected chi connectivity index (χ3v) is 4.00. The molecule has 0 saturated carbocycles. The molecule has 0 spiro atoms. The highest BCUT2D eigenvalue weighted by atomic mass is 32.1. The van der Waals surface area contributed by atoms with E-state index in [1.54, 1.807) is 36.4 Å². The first-order chi connectivity index (χ1) is 14.2. The lowest BCUT2D eigenvalue weighted by Gasteiger charge is -2.13. The number of aryl methyl sites for hydroxylation is 2. The van der Waals surface area contributed by atoms with Crippen LogP contribution in [0.15, 0.2) is 48.5 Å². The smallest absolute Gasteiger partial charge is 0.298 e. The minimum absolute atomic E-state index is 0.105. The van der Waals surface area contributed by atoms with Crippen LogP contribution in [0.25, 0.3) is 0 Å². The van der Waals surface area contributed by atoms with Gasteiger partial charge >= 0.3 is 6.03 Å². The third-order valence-electron chi connectivity index (χ3n) is 3.59. The van der Waals surface area contributed by atoms with E-state index in [9.17, 15) is 14.4 Å². The van der Waals surface area contributed by atoms with Crippen LogP contribution < -0.4 is 32.3 Å². The van der Waals surface area contributed by atoms with E-state index in [0.717, 1.165) is 11.1 Å². The quantitative estimate of drug-likeness (QED) is 0.305. The molecule has 4 amide bonds. The van der Waals surface area contributed by atoms with Crippen molar-refractivity contribution >= 4 is 52.5 Å². The average molecular weight is 445 g/mol. The number of hydrazine groups is 2. The maximum Gasteiger partial charge on any atom is 0.352 e. The van der Waals surface area contributed by atoms with Gasteiger partial charge in [-0.2, -0.15) is 0 Å². The summed E-state index contributed by atoms with van der Waals surface area (Å²) in [7, 11) is 0. The fraction of sp³-hybridized carbons (Fsp3) is 0.105. The number of nitrogens with one attached hydrogen (secondary N) is 6. The van der Waals surface area contributed by atoms with Crippen LogP contribution in [0.5, 0.6) is 0 Å². The Hall–Kier alpha value is -3.57. The van der Waals surface area contributed by atoms with Crippen LogP contribution in [0.2, 0.25) is 0 Å². The zero-order valence-electron chi connectivity index (χ0n) is 16.2. The van der Waals surface area contributed by atoms with Crippen molar-refractivity contribution in [3.8, 4) is 0 Å². The second-order valence-corrected chi connectivity index (χ2v) is 6.95. The summed E-state index contributed by atoms with van der Waals surface area (Å²) in [5, 5.41) is 4.65. The molecule has 9 nitrogen and oxygen atoms in total. The van der Waals surface area contributed by atoms with Crippen molar-refractivity contribution in [3.05, 3.63) is 70.8 Å². The lowest BCUT2D eigenvalue weighted by Crippen LogP contribution is -2.56. The van der Waals surface area contributed by atoms with Crippen LogP contribution in [-0.4, -0.2) is 28.1 Å². The molecule has 0 aromatic heterocycles. The van der Waals surface area contributed by atoms with Crippen LogP contribution >= 0.6 is 24.4 Å². The Morgan fingerprint density at radius 3 is 1.43 bits per heavy atom. The normalized spacial score (nSPS) is 9.67. The third kappa shape index (κ3) is 7.45. The Bertz CT molecular complexity index is 918. The maximum atomic E-state index is 12.1. The molecule has 0 radical (unpaired) electrons. The summed E-state index contributed by atoms with van der Waals surface area (Å²) in [6.07, 6.45) is 0. The molecule has 2 aromatic rings. The molecule has 0 bridgehead atoms. The number of hydrogen-bond acceptors (Lipinski definition) is 5. The predicted molar refractivity (Wildman–Crippen MR) is 120 cm³/mol. The van der Waals surface area contributed by atoms with Crippen LogP contribution in [-0.2, 0) is 0 Å². The van der Waals surface area contributed by atoms with E-state index >= 15 is 0 Å². The average Bonchev–Trinajstić information content (AvgIpc) is 2.70. The van der Waals surface area contributed by atoms with Crippen molar-refractivity contribution in [2.75, 3.05) is 0 Å². The Kier molecular flexibility index (Phi) is 8.20. The lowest BCUT2D eigenvalue weighted by atomic mass is 10.1. The highest BCUT2D eigenvalue weighted by Crippen LogP contribution is 2.04. The number of thiocarbonyl (C=S) groups is 2. The zero-order chi connectivity index (χ0) is 22.1. The van der Waals surface area contributed by atoms with Gasteiger partial charge in [-0.3, -0.25) is 31.1 Å². The van der Waals surface area contributed by atoms with Gasteiger partial charge in [0.05, 0.1) is 0 Å². The van der Waals surface area contributed by atoms with Crippen LogP contribution in [0, 0.1) is 13.8 Å². The molecule has 11 heteroatoms. The predicted octanol–water partition coefficient (Wildman–Crippen LogP) is 1.34. The minimum atomic E-state index is -0.755. The van der Waals surface area contributed by atoms with Crippen LogP contribution in [0.4, 0.5) is 4.79 Å². The van der Waals surface area contributed by atoms with Gasteiger partial charge in [-0.1, -0.05) is 35.4 Å². The molecule has 0 aliphatic rings. The first-order valence-electron chi connectivity index (χ1n) is 8.66. The molecule has 0 atom stereocenters. The molecular weight excluding hydrogens is 424 g/mol. The van der Waals surface area contributed by atoms with Gasteiger partial charge in [0, 0.05) is 11.1 Å². The van der Waals surface area contributed by atoms with E-state index < -0.39 is 17.8 Å². The minimum Gasteiger partial charge on any atom is -0.298 e. The molecular formula is C19H20N6O3S2. The number of benzene rings is 2. The van der Waals surface area contributed by atoms with E-state index in [-0.39, 0.29) is 10.2 Å². The molecule has 6 N–H and O–H groups in total. The monoisotopic (exact) mass is 444 g/mol. The summed E-state index contributed by atoms with van der Waals surface area (Å²) in [5.74, 6) is -0.840. The second-order valence-electron chi connectivity index (χ2n) is 6.13. The number of carbonyl (C=O) groups excluding carboxylic acids is 3. The van der Waals surface area contributed by atoms with E-state index in [1.807, 2.05) is 26.0 Å². The fourth-order valence-corrected chi connectivity index (χ4v) is 2.53. The van der Waals surface area contributed by atoms with Gasteiger partial charge in [0.15, 0.2) is 10.2 Å². The van der Waals surface area contributed by atoms with Crippen molar-refractivity contribution in [1.29, 1.82) is 0 Å². The second kappa shape index (κ2) is 10.8. The summed E-state index contributed by atoms with van der Waals surface area (Å²) in [4.78, 5) is 35.9. The number of carbonyl (C=O) groups is 3. The van der Waals surface area contributed by atoms with Gasteiger partial charge in [-0.25, -0.2) is 15.6 Å².